The summed E-state index contributed by atoms with van der Waals surface area (Å²) in [6.07, 6.45) is 1.70. The molecule has 0 saturated heterocycles. The van der Waals surface area contributed by atoms with Crippen molar-refractivity contribution >= 4 is 11.9 Å². The molecule has 0 bridgehead atoms. The van der Waals surface area contributed by atoms with Crippen LogP contribution in [0.15, 0.2) is 24.3 Å². The van der Waals surface area contributed by atoms with Crippen LogP contribution in [-0.2, 0) is 15.0 Å². The summed E-state index contributed by atoms with van der Waals surface area (Å²) >= 11 is 0. The van der Waals surface area contributed by atoms with Crippen molar-refractivity contribution in [2.24, 2.45) is 5.92 Å². The lowest BCUT2D eigenvalue weighted by molar-refractivity contribution is -0.143. The summed E-state index contributed by atoms with van der Waals surface area (Å²) in [7, 11) is 1.69. The van der Waals surface area contributed by atoms with Crippen molar-refractivity contribution in [2.75, 3.05) is 13.6 Å². The number of rotatable bonds is 5. The molecule has 1 saturated carbocycles. The molecule has 4 heteroatoms. The molecule has 1 amide bonds. The first-order chi connectivity index (χ1) is 9.38. The summed E-state index contributed by atoms with van der Waals surface area (Å²) in [6.45, 7) is 3.89. The third-order valence-corrected chi connectivity index (χ3v) is 4.14. The Labute approximate surface area is 119 Å². The summed E-state index contributed by atoms with van der Waals surface area (Å²) in [6, 6.07) is 7.95. The topological polar surface area (TPSA) is 57.6 Å². The van der Waals surface area contributed by atoms with Gasteiger partial charge < -0.3 is 10.0 Å². The van der Waals surface area contributed by atoms with Gasteiger partial charge in [0.15, 0.2) is 0 Å². The Kier molecular flexibility index (Phi) is 3.84. The van der Waals surface area contributed by atoms with Gasteiger partial charge in [-0.3, -0.25) is 9.59 Å². The monoisotopic (exact) mass is 275 g/mol. The van der Waals surface area contributed by atoms with Crippen molar-refractivity contribution in [3.8, 4) is 0 Å². The molecule has 108 valence electrons. The largest absolute Gasteiger partial charge is 0.481 e. The number of aliphatic carboxylic acids is 1. The minimum atomic E-state index is -0.870. The fraction of sp³-hybridized carbons (Fsp3) is 0.500. The quantitative estimate of drug-likeness (QED) is 0.896. The SMILES string of the molecule is Cc1ccccc1C1(C(=O)N(C)C[C@H](C)C(=O)O)CC1. The lowest BCUT2D eigenvalue weighted by Crippen LogP contribution is -2.40. The number of carboxylic acid groups (broad SMARTS) is 1. The predicted octanol–water partition coefficient (Wildman–Crippen LogP) is 2.21. The summed E-state index contributed by atoms with van der Waals surface area (Å²) in [5.41, 5.74) is 1.79. The zero-order chi connectivity index (χ0) is 14.9. The highest BCUT2D eigenvalue weighted by atomic mass is 16.4. The molecule has 1 aliphatic carbocycles. The summed E-state index contributed by atoms with van der Waals surface area (Å²) in [4.78, 5) is 25.1. The molecule has 1 atom stereocenters. The van der Waals surface area contributed by atoms with Crippen LogP contribution < -0.4 is 0 Å². The molecule has 1 N–H and O–H groups in total. The van der Waals surface area contributed by atoms with E-state index in [-0.39, 0.29) is 12.5 Å². The van der Waals surface area contributed by atoms with Gasteiger partial charge in [-0.05, 0) is 30.9 Å². The molecular formula is C16H21NO3. The Morgan fingerprint density at radius 2 is 1.95 bits per heavy atom. The van der Waals surface area contributed by atoms with Crippen molar-refractivity contribution in [1.29, 1.82) is 0 Å². The third kappa shape index (κ3) is 2.55. The standard InChI is InChI=1S/C16H21NO3/c1-11-6-4-5-7-13(11)16(8-9-16)15(20)17(3)10-12(2)14(18)19/h4-7,12H,8-10H2,1-3H3,(H,18,19)/t12-/m0/s1. The molecule has 20 heavy (non-hydrogen) atoms. The van der Waals surface area contributed by atoms with Crippen LogP contribution in [0.1, 0.15) is 30.9 Å². The molecule has 0 aromatic heterocycles. The van der Waals surface area contributed by atoms with E-state index in [2.05, 4.69) is 0 Å². The molecule has 0 spiro atoms. The van der Waals surface area contributed by atoms with Crippen LogP contribution in [-0.4, -0.2) is 35.5 Å². The van der Waals surface area contributed by atoms with E-state index in [1.165, 1.54) is 0 Å². The van der Waals surface area contributed by atoms with Gasteiger partial charge in [-0.2, -0.15) is 0 Å². The van der Waals surface area contributed by atoms with Crippen LogP contribution in [0, 0.1) is 12.8 Å². The molecule has 1 aromatic carbocycles. The Bertz CT molecular complexity index is 534. The number of likely N-dealkylation sites (N-methyl/N-ethyl adjacent to an activating group) is 1. The van der Waals surface area contributed by atoms with E-state index in [9.17, 15) is 9.59 Å². The Hall–Kier alpha value is -1.84. The third-order valence-electron chi connectivity index (χ3n) is 4.14. The van der Waals surface area contributed by atoms with Gasteiger partial charge in [-0.1, -0.05) is 31.2 Å². The number of nitrogens with zero attached hydrogens (tertiary/aromatic N) is 1. The normalized spacial score (nSPS) is 17.4. The number of benzene rings is 1. The maximum Gasteiger partial charge on any atom is 0.308 e. The van der Waals surface area contributed by atoms with Crippen LogP contribution >= 0.6 is 0 Å². The fourth-order valence-electron chi connectivity index (χ4n) is 2.77. The zero-order valence-corrected chi connectivity index (χ0v) is 12.2. The minimum absolute atomic E-state index is 0.0416. The van der Waals surface area contributed by atoms with Crippen molar-refractivity contribution in [2.45, 2.75) is 32.1 Å². The van der Waals surface area contributed by atoms with Crippen LogP contribution in [0.25, 0.3) is 0 Å². The van der Waals surface area contributed by atoms with Gasteiger partial charge in [0.05, 0.1) is 11.3 Å². The highest BCUT2D eigenvalue weighted by molar-refractivity contribution is 5.91. The smallest absolute Gasteiger partial charge is 0.308 e. The molecule has 4 nitrogen and oxygen atoms in total. The molecule has 1 fully saturated rings. The summed E-state index contributed by atoms with van der Waals surface area (Å²) in [5, 5.41) is 8.95. The molecule has 2 rings (SSSR count). The van der Waals surface area contributed by atoms with Gasteiger partial charge in [0.1, 0.15) is 0 Å². The van der Waals surface area contributed by atoms with Crippen LogP contribution in [0.3, 0.4) is 0 Å². The Morgan fingerprint density at radius 3 is 2.45 bits per heavy atom. The van der Waals surface area contributed by atoms with E-state index in [0.717, 1.165) is 24.0 Å². The second kappa shape index (κ2) is 5.27. The molecule has 0 unspecified atom stereocenters. The molecule has 1 aliphatic rings. The highest BCUT2D eigenvalue weighted by Crippen LogP contribution is 2.50. The minimum Gasteiger partial charge on any atom is -0.481 e. The molecular weight excluding hydrogens is 254 g/mol. The van der Waals surface area contributed by atoms with Gasteiger partial charge in [0, 0.05) is 13.6 Å². The van der Waals surface area contributed by atoms with Gasteiger partial charge in [0.25, 0.3) is 0 Å². The highest BCUT2D eigenvalue weighted by Gasteiger charge is 2.53. The number of carboxylic acids is 1. The first-order valence-electron chi connectivity index (χ1n) is 6.93. The molecule has 0 aliphatic heterocycles. The van der Waals surface area contributed by atoms with Crippen LogP contribution in [0.5, 0.6) is 0 Å². The lowest BCUT2D eigenvalue weighted by atomic mass is 9.90. The number of hydrogen-bond donors (Lipinski definition) is 1. The van der Waals surface area contributed by atoms with Crippen LogP contribution in [0.2, 0.25) is 0 Å². The number of aryl methyl sites for hydroxylation is 1. The lowest BCUT2D eigenvalue weighted by Gasteiger charge is -2.26. The average Bonchev–Trinajstić information content (AvgIpc) is 3.19. The summed E-state index contributed by atoms with van der Waals surface area (Å²) < 4.78 is 0. The fourth-order valence-corrected chi connectivity index (χ4v) is 2.77. The molecule has 1 aromatic rings. The van der Waals surface area contributed by atoms with E-state index in [1.54, 1.807) is 18.9 Å². The van der Waals surface area contributed by atoms with E-state index in [0.29, 0.717) is 0 Å². The zero-order valence-electron chi connectivity index (χ0n) is 12.2. The van der Waals surface area contributed by atoms with Crippen molar-refractivity contribution in [3.05, 3.63) is 35.4 Å². The maximum atomic E-state index is 12.7. The number of carbonyl (C=O) groups excluding carboxylic acids is 1. The van der Waals surface area contributed by atoms with Gasteiger partial charge in [-0.15, -0.1) is 0 Å². The first-order valence-corrected chi connectivity index (χ1v) is 6.93. The van der Waals surface area contributed by atoms with E-state index in [1.807, 2.05) is 31.2 Å². The number of carbonyl (C=O) groups is 2. The second-order valence-electron chi connectivity index (χ2n) is 5.82. The van der Waals surface area contributed by atoms with Crippen LogP contribution in [0.4, 0.5) is 0 Å². The van der Waals surface area contributed by atoms with Gasteiger partial charge >= 0.3 is 5.97 Å². The maximum absolute atomic E-state index is 12.7. The first kappa shape index (κ1) is 14.6. The van der Waals surface area contributed by atoms with Crippen molar-refractivity contribution in [3.63, 3.8) is 0 Å². The van der Waals surface area contributed by atoms with Crippen molar-refractivity contribution < 1.29 is 14.7 Å². The second-order valence-corrected chi connectivity index (χ2v) is 5.82. The van der Waals surface area contributed by atoms with E-state index >= 15 is 0 Å². The van der Waals surface area contributed by atoms with Gasteiger partial charge in [0.2, 0.25) is 5.91 Å². The van der Waals surface area contributed by atoms with Crippen molar-refractivity contribution in [1.82, 2.24) is 4.90 Å². The number of hydrogen-bond acceptors (Lipinski definition) is 2. The summed E-state index contributed by atoms with van der Waals surface area (Å²) in [5.74, 6) is -1.37. The molecule has 0 heterocycles. The molecule has 0 radical (unpaired) electrons. The van der Waals surface area contributed by atoms with Gasteiger partial charge in [-0.25, -0.2) is 0 Å². The number of amides is 1. The predicted molar refractivity (Wildman–Crippen MR) is 76.5 cm³/mol. The Balaban J connectivity index is 2.17. The van der Waals surface area contributed by atoms with E-state index < -0.39 is 17.3 Å². The Morgan fingerprint density at radius 1 is 1.35 bits per heavy atom. The van der Waals surface area contributed by atoms with E-state index in [4.69, 9.17) is 5.11 Å². The average molecular weight is 275 g/mol.